The molecule has 5 aromatic carbocycles. The second-order valence-electron chi connectivity index (χ2n) is 13.4. The van der Waals surface area contributed by atoms with Crippen LogP contribution < -0.4 is 0 Å². The first kappa shape index (κ1) is 39.4. The van der Waals surface area contributed by atoms with E-state index in [0.29, 0.717) is 29.5 Å². The standard InChI is InChI=1S/C41H37F3N2O7S2/c1-54(50,51)36-21-23-37(24-22-36)55(52,53)46-25-5-8-35(46)27-45(38(40(48)49)26-28-9-11-30(12-10-28)29-6-3-2-4-7-29)39(47)33-15-13-31(14-16-33)32-17-19-34(20-18-32)41(42,43)44/h2-4,6-7,9-24,35,38H,5,8,25-27H2,1H3,(H,48,49)/t35-,38+/m1/s1. The topological polar surface area (TPSA) is 129 Å². The maximum Gasteiger partial charge on any atom is 0.416 e. The Kier molecular flexibility index (Phi) is 11.3. The van der Waals surface area contributed by atoms with Crippen LogP contribution in [0.3, 0.4) is 0 Å². The average molecular weight is 791 g/mol. The molecule has 55 heavy (non-hydrogen) atoms. The highest BCUT2D eigenvalue weighted by atomic mass is 32.2. The van der Waals surface area contributed by atoms with Crippen LogP contribution in [0.5, 0.6) is 0 Å². The van der Waals surface area contributed by atoms with Crippen molar-refractivity contribution in [3.8, 4) is 22.3 Å². The van der Waals surface area contributed by atoms with Crippen molar-refractivity contribution in [2.75, 3.05) is 19.3 Å². The van der Waals surface area contributed by atoms with Gasteiger partial charge in [-0.2, -0.15) is 17.5 Å². The van der Waals surface area contributed by atoms with E-state index in [4.69, 9.17) is 0 Å². The minimum atomic E-state index is -4.50. The molecule has 286 valence electrons. The Morgan fingerprint density at radius 3 is 1.78 bits per heavy atom. The molecule has 1 N–H and O–H groups in total. The maximum atomic E-state index is 14.4. The average Bonchev–Trinajstić information content (AvgIpc) is 3.65. The van der Waals surface area contributed by atoms with Gasteiger partial charge in [0.15, 0.2) is 9.84 Å². The zero-order chi connectivity index (χ0) is 39.5. The van der Waals surface area contributed by atoms with Crippen molar-refractivity contribution in [3.05, 3.63) is 144 Å². The fourth-order valence-electron chi connectivity index (χ4n) is 6.72. The molecule has 14 heteroatoms. The van der Waals surface area contributed by atoms with Crippen molar-refractivity contribution in [2.24, 2.45) is 0 Å². The van der Waals surface area contributed by atoms with Crippen molar-refractivity contribution >= 4 is 31.7 Å². The lowest BCUT2D eigenvalue weighted by molar-refractivity contribution is -0.142. The van der Waals surface area contributed by atoms with Crippen LogP contribution in [0.1, 0.15) is 34.3 Å². The Morgan fingerprint density at radius 1 is 0.745 bits per heavy atom. The molecule has 0 aromatic heterocycles. The van der Waals surface area contributed by atoms with E-state index in [2.05, 4.69) is 0 Å². The number of carboxylic acids is 1. The normalized spacial score (nSPS) is 15.7. The number of alkyl halides is 3. The van der Waals surface area contributed by atoms with Crippen LogP contribution in [0, 0.1) is 0 Å². The second kappa shape index (κ2) is 15.8. The lowest BCUT2D eigenvalue weighted by atomic mass is 9.98. The summed E-state index contributed by atoms with van der Waals surface area (Å²) in [5.74, 6) is -1.97. The molecule has 1 heterocycles. The van der Waals surface area contributed by atoms with Crippen LogP contribution >= 0.6 is 0 Å². The van der Waals surface area contributed by atoms with Crippen LogP contribution in [-0.2, 0) is 37.3 Å². The Hall–Kier alpha value is -5.31. The summed E-state index contributed by atoms with van der Waals surface area (Å²) >= 11 is 0. The summed E-state index contributed by atoms with van der Waals surface area (Å²) < 4.78 is 92.4. The molecule has 1 amide bonds. The highest BCUT2D eigenvalue weighted by Crippen LogP contribution is 2.32. The lowest BCUT2D eigenvalue weighted by Gasteiger charge is -2.34. The van der Waals surface area contributed by atoms with Gasteiger partial charge in [-0.05, 0) is 89.2 Å². The molecular weight excluding hydrogens is 754 g/mol. The smallest absolute Gasteiger partial charge is 0.416 e. The highest BCUT2D eigenvalue weighted by Gasteiger charge is 2.40. The van der Waals surface area contributed by atoms with E-state index in [9.17, 15) is 44.7 Å². The van der Waals surface area contributed by atoms with E-state index in [1.165, 1.54) is 57.7 Å². The zero-order valence-electron chi connectivity index (χ0n) is 29.6. The molecule has 0 aliphatic carbocycles. The monoisotopic (exact) mass is 790 g/mol. The molecule has 5 aromatic rings. The summed E-state index contributed by atoms with van der Waals surface area (Å²) in [6, 6.07) is 30.1. The number of hydrogen-bond acceptors (Lipinski definition) is 6. The largest absolute Gasteiger partial charge is 0.480 e. The van der Waals surface area contributed by atoms with E-state index >= 15 is 0 Å². The van der Waals surface area contributed by atoms with Gasteiger partial charge in [-0.15, -0.1) is 0 Å². The third-order valence-corrected chi connectivity index (χ3v) is 12.8. The summed E-state index contributed by atoms with van der Waals surface area (Å²) in [5.41, 5.74) is 2.81. The van der Waals surface area contributed by atoms with Gasteiger partial charge >= 0.3 is 12.1 Å². The molecule has 6 rings (SSSR count). The number of carboxylic acid groups (broad SMARTS) is 1. The van der Waals surface area contributed by atoms with Crippen LogP contribution in [0.25, 0.3) is 22.3 Å². The van der Waals surface area contributed by atoms with Crippen molar-refractivity contribution < 1.29 is 44.7 Å². The Balaban J connectivity index is 1.32. The summed E-state index contributed by atoms with van der Waals surface area (Å²) in [6.07, 6.45) is -2.81. The Labute approximate surface area is 317 Å². The van der Waals surface area contributed by atoms with Crippen LogP contribution in [0.4, 0.5) is 13.2 Å². The van der Waals surface area contributed by atoms with Gasteiger partial charge in [0.25, 0.3) is 5.91 Å². The molecule has 0 saturated carbocycles. The van der Waals surface area contributed by atoms with Crippen LogP contribution in [-0.4, -0.2) is 74.5 Å². The van der Waals surface area contributed by atoms with Crippen LogP contribution in [0.2, 0.25) is 0 Å². The molecule has 1 aliphatic heterocycles. The lowest BCUT2D eigenvalue weighted by Crippen LogP contribution is -2.52. The van der Waals surface area contributed by atoms with Gasteiger partial charge in [0, 0.05) is 37.4 Å². The number of amides is 1. The van der Waals surface area contributed by atoms with Gasteiger partial charge in [0.1, 0.15) is 6.04 Å². The van der Waals surface area contributed by atoms with Crippen molar-refractivity contribution in [3.63, 3.8) is 0 Å². The van der Waals surface area contributed by atoms with Gasteiger partial charge in [-0.25, -0.2) is 21.6 Å². The van der Waals surface area contributed by atoms with Crippen molar-refractivity contribution in [1.82, 2.24) is 9.21 Å². The quantitative estimate of drug-likeness (QED) is 0.139. The molecule has 1 aliphatic rings. The molecule has 0 radical (unpaired) electrons. The highest BCUT2D eigenvalue weighted by molar-refractivity contribution is 7.90. The first-order valence-electron chi connectivity index (χ1n) is 17.3. The maximum absolute atomic E-state index is 14.4. The molecule has 1 saturated heterocycles. The fraction of sp³-hybridized carbons (Fsp3) is 0.220. The molecule has 2 atom stereocenters. The number of hydrogen-bond donors (Lipinski definition) is 1. The number of carbonyl (C=O) groups is 2. The SMILES string of the molecule is CS(=O)(=O)c1ccc(S(=O)(=O)N2CCC[C@@H]2CN(C(=O)c2ccc(-c3ccc(C(F)(F)F)cc3)cc2)[C@@H](Cc2ccc(-c3ccccc3)cc2)C(=O)O)cc1. The summed E-state index contributed by atoms with van der Waals surface area (Å²) in [7, 11) is -7.77. The van der Waals surface area contributed by atoms with Gasteiger partial charge in [-0.1, -0.05) is 78.9 Å². The van der Waals surface area contributed by atoms with E-state index in [1.54, 1.807) is 24.3 Å². The van der Waals surface area contributed by atoms with E-state index in [-0.39, 0.29) is 34.9 Å². The molecule has 0 unspecified atom stereocenters. The molecule has 0 spiro atoms. The third kappa shape index (κ3) is 8.98. The van der Waals surface area contributed by atoms with Gasteiger partial charge in [0.05, 0.1) is 15.4 Å². The minimum Gasteiger partial charge on any atom is -0.480 e. The number of halogens is 3. The van der Waals surface area contributed by atoms with Gasteiger partial charge in [0.2, 0.25) is 10.0 Å². The predicted octanol–water partition coefficient (Wildman–Crippen LogP) is 7.43. The van der Waals surface area contributed by atoms with Crippen LogP contribution in [0.15, 0.2) is 137 Å². The van der Waals surface area contributed by atoms with E-state index in [0.717, 1.165) is 29.5 Å². The number of sulfonamides is 1. The Bertz CT molecular complexity index is 2370. The van der Waals surface area contributed by atoms with Crippen molar-refractivity contribution in [1.29, 1.82) is 0 Å². The predicted molar refractivity (Wildman–Crippen MR) is 201 cm³/mol. The first-order chi connectivity index (χ1) is 26.0. The summed E-state index contributed by atoms with van der Waals surface area (Å²) in [6.45, 7) is -0.164. The van der Waals surface area contributed by atoms with E-state index in [1.807, 2.05) is 42.5 Å². The number of aliphatic carboxylic acids is 1. The number of carbonyl (C=O) groups excluding carboxylic acids is 1. The second-order valence-corrected chi connectivity index (χ2v) is 17.3. The number of sulfone groups is 1. The van der Waals surface area contributed by atoms with Gasteiger partial charge in [-0.3, -0.25) is 4.79 Å². The Morgan fingerprint density at radius 2 is 1.25 bits per heavy atom. The van der Waals surface area contributed by atoms with Gasteiger partial charge < -0.3 is 10.0 Å². The number of rotatable bonds is 12. The van der Waals surface area contributed by atoms with Crippen molar-refractivity contribution in [2.45, 2.75) is 47.3 Å². The summed E-state index contributed by atoms with van der Waals surface area (Å²) in [4.78, 5) is 28.4. The number of benzene rings is 5. The molecule has 9 nitrogen and oxygen atoms in total. The molecule has 1 fully saturated rings. The fourth-order valence-corrected chi connectivity index (χ4v) is 9.04. The third-order valence-electron chi connectivity index (χ3n) is 9.68. The van der Waals surface area contributed by atoms with E-state index < -0.39 is 55.6 Å². The molecule has 0 bridgehead atoms. The minimum absolute atomic E-state index is 0.0494. The summed E-state index contributed by atoms with van der Waals surface area (Å²) in [5, 5.41) is 10.6. The number of nitrogens with zero attached hydrogens (tertiary/aromatic N) is 2. The first-order valence-corrected chi connectivity index (χ1v) is 20.6. The molecular formula is C41H37F3N2O7S2. The zero-order valence-corrected chi connectivity index (χ0v) is 31.2.